The molecule has 1 atom stereocenters. The topological polar surface area (TPSA) is 33.1 Å². The third-order valence-corrected chi connectivity index (χ3v) is 4.86. The van der Waals surface area contributed by atoms with Crippen LogP contribution in [0.5, 0.6) is 0 Å². The summed E-state index contributed by atoms with van der Waals surface area (Å²) in [6.07, 6.45) is 4.86. The van der Waals surface area contributed by atoms with Crippen LogP contribution in [0, 0.1) is 12.8 Å². The Morgan fingerprint density at radius 1 is 1.14 bits per heavy atom. The molecular weight excluding hydrogens is 260 g/mol. The van der Waals surface area contributed by atoms with Crippen LogP contribution in [0.25, 0.3) is 0 Å². The van der Waals surface area contributed by atoms with Crippen LogP contribution in [0.4, 0.5) is 11.6 Å². The number of fused-ring (bicyclic) bond motifs is 3. The number of aromatic nitrogens is 2. The van der Waals surface area contributed by atoms with Gasteiger partial charge in [0.2, 0.25) is 5.95 Å². The highest BCUT2D eigenvalue weighted by molar-refractivity contribution is 5.53. The number of imidazole rings is 1. The summed E-state index contributed by atoms with van der Waals surface area (Å²) in [5, 5.41) is 3.48. The van der Waals surface area contributed by atoms with Crippen LogP contribution in [-0.2, 0) is 0 Å². The molecule has 0 aliphatic carbocycles. The summed E-state index contributed by atoms with van der Waals surface area (Å²) in [4.78, 5) is 7.29. The molecule has 5 rings (SSSR count). The molecule has 3 saturated heterocycles. The fourth-order valence-electron chi connectivity index (χ4n) is 3.76. The zero-order valence-corrected chi connectivity index (χ0v) is 12.5. The van der Waals surface area contributed by atoms with Gasteiger partial charge < -0.3 is 14.8 Å². The lowest BCUT2D eigenvalue weighted by molar-refractivity contribution is 0.0579. The van der Waals surface area contributed by atoms with E-state index >= 15 is 0 Å². The number of aryl methyl sites for hydroxylation is 1. The number of nitrogens with zero attached hydrogens (tertiary/aromatic N) is 3. The van der Waals surface area contributed by atoms with Crippen LogP contribution in [0.1, 0.15) is 24.6 Å². The lowest BCUT2D eigenvalue weighted by atomic mass is 9.84. The van der Waals surface area contributed by atoms with Gasteiger partial charge >= 0.3 is 0 Å². The number of para-hydroxylation sites is 1. The van der Waals surface area contributed by atoms with Gasteiger partial charge in [0.25, 0.3) is 0 Å². The molecule has 4 heterocycles. The Hall–Kier alpha value is -1.81. The van der Waals surface area contributed by atoms with E-state index in [1.54, 1.807) is 0 Å². The first kappa shape index (κ1) is 12.9. The molecule has 0 saturated carbocycles. The SMILES string of the molecule is Cc1cn(C2CN3CCC2CC3)c(Nc2ccccc2)n1. The normalized spacial score (nSPS) is 27.8. The predicted octanol–water partition coefficient (Wildman–Crippen LogP) is 3.20. The van der Waals surface area contributed by atoms with Crippen molar-refractivity contribution in [3.05, 3.63) is 42.2 Å². The smallest absolute Gasteiger partial charge is 0.207 e. The minimum atomic E-state index is 0.569. The van der Waals surface area contributed by atoms with Gasteiger partial charge in [-0.15, -0.1) is 0 Å². The Labute approximate surface area is 125 Å². The molecule has 4 nitrogen and oxygen atoms in total. The van der Waals surface area contributed by atoms with Crippen molar-refractivity contribution in [1.82, 2.24) is 14.5 Å². The summed E-state index contributed by atoms with van der Waals surface area (Å²) in [6.45, 7) is 5.80. The number of nitrogens with one attached hydrogen (secondary N) is 1. The molecule has 0 amide bonds. The second-order valence-electron chi connectivity index (χ2n) is 6.31. The fourth-order valence-corrected chi connectivity index (χ4v) is 3.76. The molecule has 4 heteroatoms. The molecule has 2 aromatic rings. The van der Waals surface area contributed by atoms with Crippen molar-refractivity contribution >= 4 is 11.6 Å². The highest BCUT2D eigenvalue weighted by Gasteiger charge is 2.36. The van der Waals surface area contributed by atoms with E-state index in [0.717, 1.165) is 23.2 Å². The van der Waals surface area contributed by atoms with Crippen LogP contribution >= 0.6 is 0 Å². The van der Waals surface area contributed by atoms with Crippen LogP contribution < -0.4 is 5.32 Å². The Bertz CT molecular complexity index is 611. The predicted molar refractivity (Wildman–Crippen MR) is 84.9 cm³/mol. The van der Waals surface area contributed by atoms with Gasteiger partial charge in [-0.2, -0.15) is 0 Å². The second kappa shape index (κ2) is 5.19. The molecule has 110 valence electrons. The van der Waals surface area contributed by atoms with Gasteiger partial charge in [0, 0.05) is 18.4 Å². The molecule has 1 aromatic carbocycles. The first-order chi connectivity index (χ1) is 10.3. The minimum absolute atomic E-state index is 0.569. The van der Waals surface area contributed by atoms with Crippen molar-refractivity contribution in [2.24, 2.45) is 5.92 Å². The van der Waals surface area contributed by atoms with Crippen molar-refractivity contribution in [3.63, 3.8) is 0 Å². The van der Waals surface area contributed by atoms with E-state index in [2.05, 4.69) is 52.2 Å². The summed E-state index contributed by atoms with van der Waals surface area (Å²) < 4.78 is 2.37. The van der Waals surface area contributed by atoms with Crippen molar-refractivity contribution < 1.29 is 0 Å². The number of hydrogen-bond acceptors (Lipinski definition) is 3. The summed E-state index contributed by atoms with van der Waals surface area (Å²) in [6, 6.07) is 10.9. The van der Waals surface area contributed by atoms with Gasteiger partial charge in [-0.3, -0.25) is 0 Å². The van der Waals surface area contributed by atoms with E-state index in [1.807, 2.05) is 6.07 Å². The Morgan fingerprint density at radius 3 is 2.57 bits per heavy atom. The summed E-state index contributed by atoms with van der Waals surface area (Å²) in [5.74, 6) is 1.79. The third kappa shape index (κ3) is 2.44. The largest absolute Gasteiger partial charge is 0.326 e. The molecular formula is C17H22N4. The highest BCUT2D eigenvalue weighted by atomic mass is 15.3. The van der Waals surface area contributed by atoms with Gasteiger partial charge in [0.1, 0.15) is 0 Å². The number of piperidine rings is 3. The van der Waals surface area contributed by atoms with Crippen molar-refractivity contribution in [1.29, 1.82) is 0 Å². The maximum Gasteiger partial charge on any atom is 0.207 e. The van der Waals surface area contributed by atoms with E-state index in [-0.39, 0.29) is 0 Å². The van der Waals surface area contributed by atoms with Crippen LogP contribution in [0.15, 0.2) is 36.5 Å². The van der Waals surface area contributed by atoms with Gasteiger partial charge in [0.15, 0.2) is 0 Å². The third-order valence-electron chi connectivity index (χ3n) is 4.86. The molecule has 21 heavy (non-hydrogen) atoms. The number of rotatable bonds is 3. The lowest BCUT2D eigenvalue weighted by Crippen LogP contribution is -2.48. The van der Waals surface area contributed by atoms with E-state index in [1.165, 1.54) is 32.5 Å². The van der Waals surface area contributed by atoms with Crippen molar-refractivity contribution in [2.75, 3.05) is 25.0 Å². The monoisotopic (exact) mass is 282 g/mol. The van der Waals surface area contributed by atoms with E-state index in [4.69, 9.17) is 4.98 Å². The molecule has 0 spiro atoms. The van der Waals surface area contributed by atoms with Gasteiger partial charge in [0.05, 0.1) is 11.7 Å². The number of benzene rings is 1. The fraction of sp³-hybridized carbons (Fsp3) is 0.471. The summed E-state index contributed by atoms with van der Waals surface area (Å²) in [7, 11) is 0. The van der Waals surface area contributed by atoms with Crippen LogP contribution in [-0.4, -0.2) is 34.1 Å². The maximum atomic E-state index is 4.70. The van der Waals surface area contributed by atoms with Gasteiger partial charge in [-0.1, -0.05) is 18.2 Å². The number of hydrogen-bond donors (Lipinski definition) is 1. The average molecular weight is 282 g/mol. The molecule has 1 aromatic heterocycles. The molecule has 1 N–H and O–H groups in total. The lowest BCUT2D eigenvalue weighted by Gasteiger charge is -2.45. The quantitative estimate of drug-likeness (QED) is 0.938. The summed E-state index contributed by atoms with van der Waals surface area (Å²) in [5.41, 5.74) is 2.19. The Morgan fingerprint density at radius 2 is 1.90 bits per heavy atom. The van der Waals surface area contributed by atoms with E-state index in [0.29, 0.717) is 6.04 Å². The first-order valence-corrected chi connectivity index (χ1v) is 7.89. The molecule has 3 aliphatic heterocycles. The Balaban J connectivity index is 1.63. The van der Waals surface area contributed by atoms with Crippen molar-refractivity contribution in [2.45, 2.75) is 25.8 Å². The first-order valence-electron chi connectivity index (χ1n) is 7.89. The molecule has 3 fully saturated rings. The zero-order valence-electron chi connectivity index (χ0n) is 12.5. The maximum absolute atomic E-state index is 4.70. The Kier molecular flexibility index (Phi) is 3.19. The van der Waals surface area contributed by atoms with E-state index in [9.17, 15) is 0 Å². The minimum Gasteiger partial charge on any atom is -0.326 e. The zero-order chi connectivity index (χ0) is 14.2. The molecule has 1 unspecified atom stereocenters. The van der Waals surface area contributed by atoms with Crippen LogP contribution in [0.3, 0.4) is 0 Å². The van der Waals surface area contributed by atoms with Crippen LogP contribution in [0.2, 0.25) is 0 Å². The van der Waals surface area contributed by atoms with Crippen molar-refractivity contribution in [3.8, 4) is 0 Å². The summed E-state index contributed by atoms with van der Waals surface area (Å²) >= 11 is 0. The molecule has 0 radical (unpaired) electrons. The van der Waals surface area contributed by atoms with Gasteiger partial charge in [-0.25, -0.2) is 4.98 Å². The molecule has 3 aliphatic rings. The number of anilines is 2. The molecule has 2 bridgehead atoms. The standard InChI is InChI=1S/C17H22N4/c1-13-11-21(16-12-20-9-7-14(16)8-10-20)17(18-13)19-15-5-3-2-4-6-15/h2-6,11,14,16H,7-10,12H2,1H3,(H,18,19). The highest BCUT2D eigenvalue weighted by Crippen LogP contribution is 2.37. The van der Waals surface area contributed by atoms with Gasteiger partial charge in [-0.05, 0) is 50.9 Å². The second-order valence-corrected chi connectivity index (χ2v) is 6.31. The average Bonchev–Trinajstić information content (AvgIpc) is 2.90. The van der Waals surface area contributed by atoms with E-state index < -0.39 is 0 Å².